The molecular weight excluding hydrogens is 418 g/mol. The Labute approximate surface area is 189 Å². The summed E-state index contributed by atoms with van der Waals surface area (Å²) in [6, 6.07) is 27.1. The van der Waals surface area contributed by atoms with Crippen LogP contribution in [0.4, 0.5) is 0 Å². The van der Waals surface area contributed by atoms with Crippen molar-refractivity contribution in [3.8, 4) is 0 Å². The monoisotopic (exact) mass is 445 g/mol. The van der Waals surface area contributed by atoms with Crippen LogP contribution in [-0.2, 0) is 0 Å². The van der Waals surface area contributed by atoms with Gasteiger partial charge in [0.25, 0.3) is 8.56 Å². The van der Waals surface area contributed by atoms with Gasteiger partial charge in [-0.1, -0.05) is 91.0 Å². The maximum absolute atomic E-state index is 12.6. The molecule has 0 bridgehead atoms. The molecule has 3 aromatic rings. The molecule has 0 saturated heterocycles. The van der Waals surface area contributed by atoms with Crippen LogP contribution >= 0.6 is 0 Å². The Hall–Kier alpha value is -3.23. The molecule has 0 amide bonds. The third kappa shape index (κ3) is 6.90. The Morgan fingerprint density at radius 1 is 0.531 bits per heavy atom. The van der Waals surface area contributed by atoms with Crippen LogP contribution in [0.3, 0.4) is 0 Å². The van der Waals surface area contributed by atoms with Gasteiger partial charge in [-0.3, -0.25) is 14.4 Å². The average molecular weight is 446 g/mol. The topological polar surface area (TPSA) is 87.3 Å². The Bertz CT molecular complexity index is 909. The maximum atomic E-state index is 12.6. The van der Waals surface area contributed by atoms with Crippen molar-refractivity contribution < 1.29 is 14.4 Å². The number of Topliss-reactive ketones (excluding diaryl/α,β-unsaturated/α-hetero) is 3. The second-order valence-electron chi connectivity index (χ2n) is 7.55. The molecule has 0 aliphatic rings. The first kappa shape index (κ1) is 23.4. The summed E-state index contributed by atoms with van der Waals surface area (Å²) >= 11 is 0. The van der Waals surface area contributed by atoms with Crippen LogP contribution in [-0.4, -0.2) is 45.5 Å². The van der Waals surface area contributed by atoms with Gasteiger partial charge in [0.1, 0.15) is 0 Å². The highest BCUT2D eigenvalue weighted by Crippen LogP contribution is 2.03. The average Bonchev–Trinajstić information content (AvgIpc) is 2.86. The fraction of sp³-hybridized carbons (Fsp3) is 0.160. The largest absolute Gasteiger partial charge is 0.306 e. The molecule has 0 atom stereocenters. The molecule has 3 aromatic carbocycles. The standard InChI is InChI=1S/C25H27N3O3Si/c1-32(26-17-23(29)20-11-5-2-6-12-20,27-18-24(30)21-13-7-3-8-14-21)28-19-25(31)22-15-9-4-10-16-22/h2-16,26-28H,17-19H2,1H3. The van der Waals surface area contributed by atoms with Gasteiger partial charge in [-0.2, -0.15) is 0 Å². The van der Waals surface area contributed by atoms with Gasteiger partial charge >= 0.3 is 0 Å². The van der Waals surface area contributed by atoms with Crippen molar-refractivity contribution in [2.45, 2.75) is 6.55 Å². The first-order valence-corrected chi connectivity index (χ1v) is 13.0. The first-order chi connectivity index (χ1) is 15.5. The van der Waals surface area contributed by atoms with E-state index in [4.69, 9.17) is 0 Å². The van der Waals surface area contributed by atoms with Crippen LogP contribution in [0, 0.1) is 0 Å². The predicted octanol–water partition coefficient (Wildman–Crippen LogP) is 2.97. The number of rotatable bonds is 12. The number of nitrogens with one attached hydrogen (secondary N) is 3. The van der Waals surface area contributed by atoms with Crippen LogP contribution < -0.4 is 14.9 Å². The van der Waals surface area contributed by atoms with Gasteiger partial charge in [-0.25, -0.2) is 0 Å². The third-order valence-electron chi connectivity index (χ3n) is 5.09. The van der Waals surface area contributed by atoms with Crippen molar-refractivity contribution in [1.29, 1.82) is 0 Å². The minimum atomic E-state index is -2.75. The smallest absolute Gasteiger partial charge is 0.279 e. The summed E-state index contributed by atoms with van der Waals surface area (Å²) in [5.41, 5.74) is 1.83. The number of hydrogen-bond acceptors (Lipinski definition) is 6. The van der Waals surface area contributed by atoms with Crippen LogP contribution in [0.15, 0.2) is 91.0 Å². The molecule has 3 rings (SSSR count). The molecule has 0 aliphatic heterocycles. The van der Waals surface area contributed by atoms with E-state index in [2.05, 4.69) is 14.9 Å². The zero-order valence-electron chi connectivity index (χ0n) is 18.0. The van der Waals surface area contributed by atoms with Crippen LogP contribution in [0.1, 0.15) is 31.1 Å². The molecule has 0 radical (unpaired) electrons. The lowest BCUT2D eigenvalue weighted by molar-refractivity contribution is 0.0992. The van der Waals surface area contributed by atoms with E-state index >= 15 is 0 Å². The van der Waals surface area contributed by atoms with Crippen LogP contribution in [0.2, 0.25) is 6.55 Å². The van der Waals surface area contributed by atoms with Crippen molar-refractivity contribution in [1.82, 2.24) is 14.9 Å². The van der Waals surface area contributed by atoms with Gasteiger partial charge in [0.2, 0.25) is 0 Å². The zero-order valence-corrected chi connectivity index (χ0v) is 19.0. The van der Waals surface area contributed by atoms with E-state index in [1.807, 2.05) is 61.1 Å². The van der Waals surface area contributed by atoms with Crippen molar-refractivity contribution in [3.05, 3.63) is 108 Å². The molecule has 164 valence electrons. The molecule has 0 aromatic heterocycles. The first-order valence-electron chi connectivity index (χ1n) is 10.5. The minimum Gasteiger partial charge on any atom is -0.306 e. The summed E-state index contributed by atoms with van der Waals surface area (Å²) in [7, 11) is -2.75. The molecule has 6 nitrogen and oxygen atoms in total. The van der Waals surface area contributed by atoms with E-state index < -0.39 is 8.56 Å². The minimum absolute atomic E-state index is 0.0586. The van der Waals surface area contributed by atoms with E-state index in [0.29, 0.717) is 16.7 Å². The molecule has 32 heavy (non-hydrogen) atoms. The number of ketones is 3. The number of carbonyl (C=O) groups is 3. The SMILES string of the molecule is C[Si](NCC(=O)c1ccccc1)(NCC(=O)c1ccccc1)NCC(=O)c1ccccc1. The van der Waals surface area contributed by atoms with Gasteiger partial charge in [0.05, 0.1) is 19.6 Å². The van der Waals surface area contributed by atoms with E-state index in [9.17, 15) is 14.4 Å². The predicted molar refractivity (Wildman–Crippen MR) is 128 cm³/mol. The summed E-state index contributed by atoms with van der Waals surface area (Å²) in [5.74, 6) is -0.176. The van der Waals surface area contributed by atoms with Gasteiger partial charge in [0, 0.05) is 16.7 Å². The highest BCUT2D eigenvalue weighted by atomic mass is 28.4. The summed E-state index contributed by atoms with van der Waals surface area (Å²) < 4.78 is 0. The Morgan fingerprint density at radius 2 is 0.781 bits per heavy atom. The molecule has 0 spiro atoms. The molecule has 3 N–H and O–H groups in total. The lowest BCUT2D eigenvalue weighted by Crippen LogP contribution is -2.72. The highest BCUT2D eigenvalue weighted by Gasteiger charge is 2.30. The quantitative estimate of drug-likeness (QED) is 0.294. The van der Waals surface area contributed by atoms with Gasteiger partial charge in [-0.05, 0) is 6.55 Å². The second kappa shape index (κ2) is 11.4. The van der Waals surface area contributed by atoms with E-state index in [-0.39, 0.29) is 37.0 Å². The molecule has 0 saturated carbocycles. The number of carbonyl (C=O) groups excluding carboxylic acids is 3. The van der Waals surface area contributed by atoms with Gasteiger partial charge in [-0.15, -0.1) is 0 Å². The van der Waals surface area contributed by atoms with Gasteiger partial charge in [0.15, 0.2) is 17.3 Å². The van der Waals surface area contributed by atoms with Crippen LogP contribution in [0.25, 0.3) is 0 Å². The second-order valence-corrected chi connectivity index (χ2v) is 10.9. The Morgan fingerprint density at radius 3 is 1.03 bits per heavy atom. The normalized spacial score (nSPS) is 11.2. The lowest BCUT2D eigenvalue weighted by Gasteiger charge is -2.29. The zero-order chi connectivity index (χ0) is 22.8. The summed E-state index contributed by atoms with van der Waals surface area (Å²) in [6.07, 6.45) is 0. The van der Waals surface area contributed by atoms with Crippen molar-refractivity contribution >= 4 is 25.9 Å². The number of benzene rings is 3. The van der Waals surface area contributed by atoms with Crippen LogP contribution in [0.5, 0.6) is 0 Å². The number of hydrogen-bond donors (Lipinski definition) is 3. The lowest BCUT2D eigenvalue weighted by atomic mass is 10.1. The molecule has 0 fully saturated rings. The van der Waals surface area contributed by atoms with Gasteiger partial charge < -0.3 is 14.9 Å². The summed E-state index contributed by atoms with van der Waals surface area (Å²) in [4.78, 5) is 47.6. The molecular formula is C25H27N3O3Si. The van der Waals surface area contributed by atoms with E-state index in [0.717, 1.165) is 0 Å². The maximum Gasteiger partial charge on any atom is 0.279 e. The fourth-order valence-corrected chi connectivity index (χ4v) is 5.05. The van der Waals surface area contributed by atoms with Crippen molar-refractivity contribution in [3.63, 3.8) is 0 Å². The Balaban J connectivity index is 1.66. The van der Waals surface area contributed by atoms with Crippen molar-refractivity contribution in [2.24, 2.45) is 0 Å². The van der Waals surface area contributed by atoms with Crippen molar-refractivity contribution in [2.75, 3.05) is 19.6 Å². The third-order valence-corrected chi connectivity index (χ3v) is 7.75. The van der Waals surface area contributed by atoms with E-state index in [1.54, 1.807) is 36.4 Å². The fourth-order valence-electron chi connectivity index (χ4n) is 3.14. The molecule has 0 unspecified atom stereocenters. The summed E-state index contributed by atoms with van der Waals surface area (Å²) in [5, 5.41) is 0. The summed E-state index contributed by atoms with van der Waals surface area (Å²) in [6.45, 7) is 2.17. The Kier molecular flexibility index (Phi) is 8.35. The molecule has 0 heterocycles. The molecule has 7 heteroatoms. The van der Waals surface area contributed by atoms with E-state index in [1.165, 1.54) is 0 Å². The molecule has 0 aliphatic carbocycles. The highest BCUT2D eigenvalue weighted by molar-refractivity contribution is 6.72.